The van der Waals surface area contributed by atoms with Crippen molar-refractivity contribution in [2.75, 3.05) is 17.5 Å². The highest BCUT2D eigenvalue weighted by molar-refractivity contribution is 7.92. The van der Waals surface area contributed by atoms with Gasteiger partial charge in [0.1, 0.15) is 24.2 Å². The number of carbonyl (C=O) groups excluding carboxylic acids is 2. The summed E-state index contributed by atoms with van der Waals surface area (Å²) in [6.07, 6.45) is 4.89. The number of para-hydroxylation sites is 1. The fourth-order valence-corrected chi connectivity index (χ4v) is 6.50. The zero-order valence-electron chi connectivity index (χ0n) is 24.0. The van der Waals surface area contributed by atoms with E-state index in [2.05, 4.69) is 5.32 Å². The minimum Gasteiger partial charge on any atom is -0.494 e. The van der Waals surface area contributed by atoms with E-state index in [9.17, 15) is 22.4 Å². The molecule has 0 aliphatic heterocycles. The van der Waals surface area contributed by atoms with Gasteiger partial charge in [-0.2, -0.15) is 0 Å². The van der Waals surface area contributed by atoms with Crippen LogP contribution in [0, 0.1) is 5.82 Å². The molecular formula is C32H38FN3O5S. The summed E-state index contributed by atoms with van der Waals surface area (Å²) in [6.45, 7) is 3.06. The van der Waals surface area contributed by atoms with Crippen molar-refractivity contribution in [1.29, 1.82) is 0 Å². The molecule has 0 radical (unpaired) electrons. The topological polar surface area (TPSA) is 96.0 Å². The molecule has 42 heavy (non-hydrogen) atoms. The van der Waals surface area contributed by atoms with Crippen molar-refractivity contribution < 1.29 is 27.1 Å². The molecule has 4 rings (SSSR count). The van der Waals surface area contributed by atoms with Gasteiger partial charge in [0.05, 0.1) is 17.2 Å². The van der Waals surface area contributed by atoms with Crippen molar-refractivity contribution in [2.45, 2.75) is 69.5 Å². The summed E-state index contributed by atoms with van der Waals surface area (Å²) in [5.41, 5.74) is 0.508. The maximum Gasteiger partial charge on any atom is 0.264 e. The lowest BCUT2D eigenvalue weighted by Crippen LogP contribution is -2.53. The average molecular weight is 596 g/mol. The molecule has 3 aromatic rings. The number of sulfonamides is 1. The molecule has 1 aliphatic carbocycles. The summed E-state index contributed by atoms with van der Waals surface area (Å²) in [4.78, 5) is 28.6. The van der Waals surface area contributed by atoms with E-state index in [4.69, 9.17) is 4.74 Å². The van der Waals surface area contributed by atoms with Gasteiger partial charge in [-0.15, -0.1) is 0 Å². The van der Waals surface area contributed by atoms with Crippen molar-refractivity contribution >= 4 is 27.5 Å². The fraction of sp³-hybridized carbons (Fsp3) is 0.375. The quantitative estimate of drug-likeness (QED) is 0.307. The van der Waals surface area contributed by atoms with Gasteiger partial charge in [-0.3, -0.25) is 13.9 Å². The van der Waals surface area contributed by atoms with Crippen molar-refractivity contribution in [2.24, 2.45) is 0 Å². The highest BCUT2D eigenvalue weighted by atomic mass is 32.2. The van der Waals surface area contributed by atoms with E-state index >= 15 is 0 Å². The summed E-state index contributed by atoms with van der Waals surface area (Å²) in [6, 6.07) is 19.4. The Balaban J connectivity index is 1.65. The summed E-state index contributed by atoms with van der Waals surface area (Å²) >= 11 is 0. The Kier molecular flexibility index (Phi) is 10.6. The third kappa shape index (κ3) is 7.67. The van der Waals surface area contributed by atoms with Crippen LogP contribution in [0.25, 0.3) is 0 Å². The Bertz CT molecular complexity index is 1440. The predicted molar refractivity (Wildman–Crippen MR) is 160 cm³/mol. The van der Waals surface area contributed by atoms with Crippen molar-refractivity contribution in [3.63, 3.8) is 0 Å². The number of rotatable bonds is 12. The van der Waals surface area contributed by atoms with E-state index in [0.717, 1.165) is 36.4 Å². The summed E-state index contributed by atoms with van der Waals surface area (Å²) in [5.74, 6) is -0.986. The molecule has 0 heterocycles. The number of halogens is 1. The summed E-state index contributed by atoms with van der Waals surface area (Å²) in [5, 5.41) is 3.04. The molecule has 0 bridgehead atoms. The van der Waals surface area contributed by atoms with Gasteiger partial charge in [0.25, 0.3) is 10.0 Å². The van der Waals surface area contributed by atoms with Crippen LogP contribution < -0.4 is 14.4 Å². The molecule has 224 valence electrons. The zero-order valence-corrected chi connectivity index (χ0v) is 24.9. The van der Waals surface area contributed by atoms with Crippen LogP contribution in [0.1, 0.15) is 51.5 Å². The van der Waals surface area contributed by atoms with Gasteiger partial charge in [-0.1, -0.05) is 55.7 Å². The highest BCUT2D eigenvalue weighted by Crippen LogP contribution is 2.26. The third-order valence-corrected chi connectivity index (χ3v) is 9.25. The first-order valence-corrected chi connectivity index (χ1v) is 15.8. The Hall–Kier alpha value is -3.92. The van der Waals surface area contributed by atoms with E-state index in [0.29, 0.717) is 12.4 Å². The lowest BCUT2D eigenvalue weighted by Gasteiger charge is -2.33. The molecule has 0 saturated heterocycles. The summed E-state index contributed by atoms with van der Waals surface area (Å²) < 4.78 is 49.0. The zero-order chi connectivity index (χ0) is 30.1. The van der Waals surface area contributed by atoms with E-state index in [1.807, 2.05) is 6.92 Å². The average Bonchev–Trinajstić information content (AvgIpc) is 3.00. The number of nitrogens with zero attached hydrogens (tertiary/aromatic N) is 2. The molecule has 10 heteroatoms. The van der Waals surface area contributed by atoms with Gasteiger partial charge in [0, 0.05) is 18.2 Å². The Morgan fingerprint density at radius 1 is 0.952 bits per heavy atom. The minimum atomic E-state index is -4.21. The lowest BCUT2D eigenvalue weighted by molar-refractivity contribution is -0.139. The lowest BCUT2D eigenvalue weighted by atomic mass is 9.95. The number of anilines is 1. The molecule has 1 unspecified atom stereocenters. The van der Waals surface area contributed by atoms with Gasteiger partial charge in [0.15, 0.2) is 0 Å². The minimum absolute atomic E-state index is 0.0139. The molecule has 1 atom stereocenters. The standard InChI is InChI=1S/C32H38FN3O5S/c1-3-41-28-18-20-29(21-19-28)42(39,40)36(27-15-8-5-9-16-27)23-31(37)35(22-25-12-10-11-17-30(25)33)24(2)32(38)34-26-13-6-4-7-14-26/h5,8-12,15-21,24,26H,3-4,6-7,13-14,22-23H2,1-2H3,(H,34,38). The highest BCUT2D eigenvalue weighted by Gasteiger charge is 2.33. The Labute approximate surface area is 247 Å². The molecule has 1 N–H and O–H groups in total. The van der Waals surface area contributed by atoms with Crippen LogP contribution in [0.4, 0.5) is 10.1 Å². The molecule has 1 fully saturated rings. The smallest absolute Gasteiger partial charge is 0.264 e. The van der Waals surface area contributed by atoms with Crippen molar-refractivity contribution in [1.82, 2.24) is 10.2 Å². The molecule has 0 aromatic heterocycles. The van der Waals surface area contributed by atoms with Gasteiger partial charge < -0.3 is 15.0 Å². The second-order valence-electron chi connectivity index (χ2n) is 10.4. The second kappa shape index (κ2) is 14.3. The number of benzene rings is 3. The Morgan fingerprint density at radius 3 is 2.24 bits per heavy atom. The first-order chi connectivity index (χ1) is 20.2. The van der Waals surface area contributed by atoms with E-state index < -0.39 is 34.3 Å². The van der Waals surface area contributed by atoms with Crippen LogP contribution in [0.2, 0.25) is 0 Å². The SMILES string of the molecule is CCOc1ccc(S(=O)(=O)N(CC(=O)N(Cc2ccccc2F)C(C)C(=O)NC2CCCCC2)c2ccccc2)cc1. The molecule has 2 amide bonds. The van der Waals surface area contributed by atoms with Crippen molar-refractivity contribution in [3.05, 3.63) is 90.2 Å². The van der Waals surface area contributed by atoms with Gasteiger partial charge in [-0.05, 0) is 69.2 Å². The molecule has 3 aromatic carbocycles. The fourth-order valence-electron chi connectivity index (χ4n) is 5.09. The summed E-state index contributed by atoms with van der Waals surface area (Å²) in [7, 11) is -4.21. The van der Waals surface area contributed by atoms with E-state index in [-0.39, 0.29) is 34.6 Å². The first kappa shape index (κ1) is 31.0. The molecular weight excluding hydrogens is 557 g/mol. The van der Waals surface area contributed by atoms with Crippen molar-refractivity contribution in [3.8, 4) is 5.75 Å². The number of carbonyl (C=O) groups is 2. The number of nitrogens with one attached hydrogen (secondary N) is 1. The number of hydrogen-bond donors (Lipinski definition) is 1. The van der Waals surface area contributed by atoms with Crippen LogP contribution in [-0.4, -0.2) is 50.4 Å². The molecule has 0 spiro atoms. The Morgan fingerprint density at radius 2 is 1.60 bits per heavy atom. The maximum absolute atomic E-state index is 14.7. The molecule has 8 nitrogen and oxygen atoms in total. The molecule has 1 aliphatic rings. The number of amides is 2. The maximum atomic E-state index is 14.7. The van der Waals surface area contributed by atoms with Crippen LogP contribution >= 0.6 is 0 Å². The first-order valence-electron chi connectivity index (χ1n) is 14.3. The van der Waals surface area contributed by atoms with E-state index in [1.165, 1.54) is 23.1 Å². The van der Waals surface area contributed by atoms with Crippen LogP contribution in [-0.2, 0) is 26.2 Å². The number of ether oxygens (including phenoxy) is 1. The van der Waals surface area contributed by atoms with Crippen LogP contribution in [0.3, 0.4) is 0 Å². The predicted octanol–water partition coefficient (Wildman–Crippen LogP) is 5.29. The largest absolute Gasteiger partial charge is 0.494 e. The van der Waals surface area contributed by atoms with Crippen LogP contribution in [0.5, 0.6) is 5.75 Å². The monoisotopic (exact) mass is 595 g/mol. The van der Waals surface area contributed by atoms with Crippen LogP contribution in [0.15, 0.2) is 83.8 Å². The van der Waals surface area contributed by atoms with Gasteiger partial charge in [-0.25, -0.2) is 12.8 Å². The van der Waals surface area contributed by atoms with E-state index in [1.54, 1.807) is 67.6 Å². The normalized spacial score (nSPS) is 14.5. The van der Waals surface area contributed by atoms with Gasteiger partial charge in [0.2, 0.25) is 11.8 Å². The third-order valence-electron chi connectivity index (χ3n) is 7.46. The second-order valence-corrected chi connectivity index (χ2v) is 12.2. The molecule has 1 saturated carbocycles. The number of hydrogen-bond acceptors (Lipinski definition) is 5. The van der Waals surface area contributed by atoms with Gasteiger partial charge >= 0.3 is 0 Å².